The maximum Gasteiger partial charge on any atom is 0.297 e. The number of thiazole rings is 1. The number of amides is 1. The van der Waals surface area contributed by atoms with E-state index in [4.69, 9.17) is 4.42 Å². The minimum atomic E-state index is -0.563. The second-order valence-electron chi connectivity index (χ2n) is 7.59. The second kappa shape index (κ2) is 6.92. The summed E-state index contributed by atoms with van der Waals surface area (Å²) in [5.74, 6) is -0.225. The number of fused-ring (bicyclic) bond motifs is 2. The Bertz CT molecular complexity index is 1340. The van der Waals surface area contributed by atoms with E-state index in [1.165, 1.54) is 16.9 Å². The number of hydrogen-bond acceptors (Lipinski definition) is 5. The maximum absolute atomic E-state index is 13.6. The first kappa shape index (κ1) is 18.8. The normalized spacial score (nSPS) is 15.8. The minimum Gasteiger partial charge on any atom is -0.450 e. The van der Waals surface area contributed by atoms with Crippen molar-refractivity contribution >= 4 is 33.3 Å². The molecule has 5 rings (SSSR count). The molecular formula is C24H20N2O3S. The Morgan fingerprint density at radius 1 is 1.10 bits per heavy atom. The van der Waals surface area contributed by atoms with Crippen molar-refractivity contribution in [1.29, 1.82) is 0 Å². The van der Waals surface area contributed by atoms with Crippen molar-refractivity contribution in [3.8, 4) is 0 Å². The Balaban J connectivity index is 1.81. The maximum atomic E-state index is 13.6. The highest BCUT2D eigenvalue weighted by atomic mass is 32.1. The van der Waals surface area contributed by atoms with Gasteiger partial charge >= 0.3 is 0 Å². The van der Waals surface area contributed by atoms with Crippen LogP contribution < -0.4 is 10.3 Å². The van der Waals surface area contributed by atoms with Gasteiger partial charge in [-0.1, -0.05) is 31.2 Å². The van der Waals surface area contributed by atoms with Gasteiger partial charge in [-0.3, -0.25) is 14.5 Å². The topological polar surface area (TPSA) is 63.4 Å². The Labute approximate surface area is 177 Å². The van der Waals surface area contributed by atoms with Gasteiger partial charge in [-0.05, 0) is 54.7 Å². The molecule has 150 valence electrons. The predicted molar refractivity (Wildman–Crippen MR) is 119 cm³/mol. The van der Waals surface area contributed by atoms with Crippen LogP contribution in [0.1, 0.15) is 51.3 Å². The Morgan fingerprint density at radius 3 is 2.50 bits per heavy atom. The molecule has 1 unspecified atom stereocenters. The van der Waals surface area contributed by atoms with Gasteiger partial charge in [-0.2, -0.15) is 0 Å². The van der Waals surface area contributed by atoms with E-state index in [0.717, 1.165) is 23.1 Å². The highest BCUT2D eigenvalue weighted by Gasteiger charge is 2.44. The molecule has 0 saturated heterocycles. The van der Waals surface area contributed by atoms with Crippen molar-refractivity contribution in [2.75, 3.05) is 4.90 Å². The van der Waals surface area contributed by atoms with Crippen molar-refractivity contribution in [2.45, 2.75) is 33.2 Å². The molecule has 2 aromatic heterocycles. The summed E-state index contributed by atoms with van der Waals surface area (Å²) in [6, 6.07) is 11.2. The largest absolute Gasteiger partial charge is 0.450 e. The number of rotatable bonds is 3. The van der Waals surface area contributed by atoms with E-state index in [9.17, 15) is 9.59 Å². The van der Waals surface area contributed by atoms with Gasteiger partial charge in [0.1, 0.15) is 5.58 Å². The highest BCUT2D eigenvalue weighted by Crippen LogP contribution is 2.42. The van der Waals surface area contributed by atoms with Crippen LogP contribution in [0.25, 0.3) is 11.0 Å². The summed E-state index contributed by atoms with van der Waals surface area (Å²) in [6.07, 6.45) is 2.58. The van der Waals surface area contributed by atoms with Crippen molar-refractivity contribution < 1.29 is 9.21 Å². The minimum absolute atomic E-state index is 0.107. The summed E-state index contributed by atoms with van der Waals surface area (Å²) in [5, 5.41) is 2.87. The van der Waals surface area contributed by atoms with E-state index in [1.54, 1.807) is 11.1 Å². The van der Waals surface area contributed by atoms with Crippen molar-refractivity contribution in [1.82, 2.24) is 4.98 Å². The number of benzene rings is 2. The predicted octanol–water partition coefficient (Wildman–Crippen LogP) is 5.18. The number of nitrogens with zero attached hydrogens (tertiary/aromatic N) is 2. The third-order valence-electron chi connectivity index (χ3n) is 5.82. The number of aromatic nitrogens is 1. The van der Waals surface area contributed by atoms with Crippen molar-refractivity contribution in [2.24, 2.45) is 0 Å². The molecule has 1 aliphatic heterocycles. The van der Waals surface area contributed by atoms with Crippen LogP contribution in [0.2, 0.25) is 0 Å². The summed E-state index contributed by atoms with van der Waals surface area (Å²) in [7, 11) is 0. The van der Waals surface area contributed by atoms with Crippen molar-refractivity contribution in [3.05, 3.63) is 91.8 Å². The SMILES string of the molecule is CCc1ccc(C2c3c(oc4cc(C)c(C)cc4c3=O)C(=O)N2c2nccs2)cc1. The van der Waals surface area contributed by atoms with Gasteiger partial charge in [0.2, 0.25) is 5.76 Å². The molecule has 0 bridgehead atoms. The average molecular weight is 417 g/mol. The van der Waals surface area contributed by atoms with Gasteiger partial charge < -0.3 is 4.42 Å². The standard InChI is InChI=1S/C24H20N2O3S/c1-4-15-5-7-16(8-6-15)20-19-21(27)17-11-13(2)14(3)12-18(17)29-22(19)23(28)26(20)24-25-9-10-30-24/h5-12,20H,4H2,1-3H3. The summed E-state index contributed by atoms with van der Waals surface area (Å²) in [4.78, 5) is 32.9. The Hall–Kier alpha value is -3.25. The molecule has 1 aliphatic rings. The van der Waals surface area contributed by atoms with Crippen LogP contribution in [-0.2, 0) is 6.42 Å². The monoisotopic (exact) mass is 416 g/mol. The third kappa shape index (κ3) is 2.71. The zero-order valence-electron chi connectivity index (χ0n) is 16.9. The first-order valence-corrected chi connectivity index (χ1v) is 10.8. The lowest BCUT2D eigenvalue weighted by Gasteiger charge is -2.22. The first-order valence-electron chi connectivity index (χ1n) is 9.89. The van der Waals surface area contributed by atoms with Gasteiger partial charge in [0.05, 0.1) is 17.0 Å². The molecule has 0 saturated carbocycles. The summed E-state index contributed by atoms with van der Waals surface area (Å²) >= 11 is 1.37. The fraction of sp³-hybridized carbons (Fsp3) is 0.208. The third-order valence-corrected chi connectivity index (χ3v) is 6.59. The van der Waals surface area contributed by atoms with Gasteiger partial charge in [0, 0.05) is 11.6 Å². The number of aryl methyl sites for hydroxylation is 3. The molecule has 4 aromatic rings. The average Bonchev–Trinajstić information content (AvgIpc) is 3.37. The second-order valence-corrected chi connectivity index (χ2v) is 8.47. The molecule has 2 aromatic carbocycles. The fourth-order valence-corrected chi connectivity index (χ4v) is 4.68. The molecule has 0 aliphatic carbocycles. The fourth-order valence-electron chi connectivity index (χ4n) is 4.01. The van der Waals surface area contributed by atoms with E-state index >= 15 is 0 Å². The zero-order chi connectivity index (χ0) is 21.0. The Morgan fingerprint density at radius 2 is 1.83 bits per heavy atom. The van der Waals surface area contributed by atoms with Crippen LogP contribution >= 0.6 is 11.3 Å². The lowest BCUT2D eigenvalue weighted by Crippen LogP contribution is -2.29. The van der Waals surface area contributed by atoms with Crippen LogP contribution in [0.4, 0.5) is 5.13 Å². The van der Waals surface area contributed by atoms with Crippen LogP contribution in [0.3, 0.4) is 0 Å². The molecular weight excluding hydrogens is 396 g/mol. The molecule has 1 amide bonds. The summed E-state index contributed by atoms with van der Waals surface area (Å²) in [6.45, 7) is 6.02. The van der Waals surface area contributed by atoms with E-state index in [1.807, 2.05) is 55.6 Å². The molecule has 3 heterocycles. The van der Waals surface area contributed by atoms with Crippen LogP contribution in [0.5, 0.6) is 0 Å². The lowest BCUT2D eigenvalue weighted by atomic mass is 9.96. The van der Waals surface area contributed by atoms with Crippen LogP contribution in [-0.4, -0.2) is 10.9 Å². The smallest absolute Gasteiger partial charge is 0.297 e. The van der Waals surface area contributed by atoms with E-state index in [-0.39, 0.29) is 17.1 Å². The molecule has 0 spiro atoms. The lowest BCUT2D eigenvalue weighted by molar-refractivity contribution is 0.0971. The summed E-state index contributed by atoms with van der Waals surface area (Å²) in [5.41, 5.74) is 4.75. The molecule has 5 nitrogen and oxygen atoms in total. The van der Waals surface area contributed by atoms with Gasteiger partial charge in [-0.15, -0.1) is 11.3 Å². The van der Waals surface area contributed by atoms with Gasteiger partial charge in [0.25, 0.3) is 5.91 Å². The van der Waals surface area contributed by atoms with Gasteiger partial charge in [0.15, 0.2) is 10.6 Å². The first-order chi connectivity index (χ1) is 14.5. The molecule has 30 heavy (non-hydrogen) atoms. The quantitative estimate of drug-likeness (QED) is 0.462. The van der Waals surface area contributed by atoms with Crippen LogP contribution in [0, 0.1) is 13.8 Å². The van der Waals surface area contributed by atoms with Gasteiger partial charge in [-0.25, -0.2) is 4.98 Å². The number of anilines is 1. The van der Waals surface area contributed by atoms with E-state index in [0.29, 0.717) is 21.7 Å². The van der Waals surface area contributed by atoms with Crippen molar-refractivity contribution in [3.63, 3.8) is 0 Å². The number of carbonyl (C=O) groups is 1. The highest BCUT2D eigenvalue weighted by molar-refractivity contribution is 7.13. The molecule has 6 heteroatoms. The zero-order valence-corrected chi connectivity index (χ0v) is 17.7. The van der Waals surface area contributed by atoms with Crippen LogP contribution in [0.15, 0.2) is 57.2 Å². The Kier molecular flexibility index (Phi) is 4.33. The number of hydrogen-bond donors (Lipinski definition) is 0. The molecule has 0 fully saturated rings. The van der Waals surface area contributed by atoms with E-state index in [2.05, 4.69) is 11.9 Å². The number of carbonyl (C=O) groups excluding carboxylic acids is 1. The molecule has 1 atom stereocenters. The van der Waals surface area contributed by atoms with E-state index < -0.39 is 6.04 Å². The molecule has 0 N–H and O–H groups in total. The summed E-state index contributed by atoms with van der Waals surface area (Å²) < 4.78 is 6.04. The molecule has 0 radical (unpaired) electrons.